The Labute approximate surface area is 108 Å². The first-order valence-electron chi connectivity index (χ1n) is 5.40. The van der Waals surface area contributed by atoms with Crippen molar-refractivity contribution in [2.45, 2.75) is 31.0 Å². The smallest absolute Gasteiger partial charge is 0.223 e. The summed E-state index contributed by atoms with van der Waals surface area (Å²) in [5.41, 5.74) is 1.07. The SMILES string of the molecule is Cc1csc(C(C)CN2CC(Br)CC2=O)n1. The van der Waals surface area contributed by atoms with Crippen molar-refractivity contribution in [3.8, 4) is 0 Å². The van der Waals surface area contributed by atoms with Gasteiger partial charge in [0.2, 0.25) is 5.91 Å². The lowest BCUT2D eigenvalue weighted by Crippen LogP contribution is -2.29. The van der Waals surface area contributed by atoms with E-state index < -0.39 is 0 Å². The fourth-order valence-electron chi connectivity index (χ4n) is 1.91. The van der Waals surface area contributed by atoms with Crippen molar-refractivity contribution in [2.24, 2.45) is 0 Å². The third kappa shape index (κ3) is 2.63. The van der Waals surface area contributed by atoms with Gasteiger partial charge >= 0.3 is 0 Å². The van der Waals surface area contributed by atoms with Gasteiger partial charge in [-0.3, -0.25) is 4.79 Å². The van der Waals surface area contributed by atoms with E-state index in [1.54, 1.807) is 11.3 Å². The topological polar surface area (TPSA) is 33.2 Å². The van der Waals surface area contributed by atoms with Crippen molar-refractivity contribution in [1.82, 2.24) is 9.88 Å². The number of rotatable bonds is 3. The van der Waals surface area contributed by atoms with Gasteiger partial charge in [-0.15, -0.1) is 11.3 Å². The van der Waals surface area contributed by atoms with Crippen LogP contribution in [0, 0.1) is 6.92 Å². The van der Waals surface area contributed by atoms with Crippen molar-refractivity contribution in [3.05, 3.63) is 16.1 Å². The molecule has 0 radical (unpaired) electrons. The van der Waals surface area contributed by atoms with E-state index in [2.05, 4.69) is 33.2 Å². The molecule has 3 nitrogen and oxygen atoms in total. The van der Waals surface area contributed by atoms with E-state index in [1.807, 2.05) is 11.8 Å². The van der Waals surface area contributed by atoms with Crippen LogP contribution in [0.3, 0.4) is 0 Å². The average molecular weight is 303 g/mol. The average Bonchev–Trinajstić information content (AvgIpc) is 2.74. The Morgan fingerprint density at radius 1 is 1.75 bits per heavy atom. The van der Waals surface area contributed by atoms with Crippen molar-refractivity contribution in [1.29, 1.82) is 0 Å². The number of hydrogen-bond donors (Lipinski definition) is 0. The summed E-state index contributed by atoms with van der Waals surface area (Å²) < 4.78 is 0. The Morgan fingerprint density at radius 3 is 3.00 bits per heavy atom. The molecule has 0 saturated carbocycles. The molecule has 0 spiro atoms. The summed E-state index contributed by atoms with van der Waals surface area (Å²) in [6.45, 7) is 5.75. The standard InChI is InChI=1S/C11H15BrN2OS/c1-7(11-13-8(2)6-16-11)4-14-5-9(12)3-10(14)15/h6-7,9H,3-5H2,1-2H3. The Bertz CT molecular complexity index is 393. The largest absolute Gasteiger partial charge is 0.341 e. The van der Waals surface area contributed by atoms with Crippen LogP contribution in [0.5, 0.6) is 0 Å². The van der Waals surface area contributed by atoms with E-state index >= 15 is 0 Å². The molecule has 2 rings (SSSR count). The van der Waals surface area contributed by atoms with E-state index in [-0.39, 0.29) is 5.91 Å². The maximum atomic E-state index is 11.6. The molecule has 0 bridgehead atoms. The maximum absolute atomic E-state index is 11.6. The van der Waals surface area contributed by atoms with Crippen LogP contribution in [0.1, 0.15) is 30.0 Å². The fraction of sp³-hybridized carbons (Fsp3) is 0.636. The number of carbonyl (C=O) groups excluding carboxylic acids is 1. The second-order valence-electron chi connectivity index (χ2n) is 4.33. The van der Waals surface area contributed by atoms with Gasteiger partial charge in [-0.2, -0.15) is 0 Å². The van der Waals surface area contributed by atoms with Gasteiger partial charge in [-0.1, -0.05) is 22.9 Å². The molecule has 0 aliphatic carbocycles. The Hall–Kier alpha value is -0.420. The number of thiazole rings is 1. The second-order valence-corrected chi connectivity index (χ2v) is 6.51. The Morgan fingerprint density at radius 2 is 2.50 bits per heavy atom. The van der Waals surface area contributed by atoms with Gasteiger partial charge in [0.15, 0.2) is 0 Å². The number of aryl methyl sites for hydroxylation is 1. The molecule has 2 atom stereocenters. The zero-order valence-corrected chi connectivity index (χ0v) is 11.8. The van der Waals surface area contributed by atoms with Crippen LogP contribution in [0.2, 0.25) is 0 Å². The number of aromatic nitrogens is 1. The van der Waals surface area contributed by atoms with Gasteiger partial charge in [0.1, 0.15) is 0 Å². The summed E-state index contributed by atoms with van der Waals surface area (Å²) in [5, 5.41) is 3.19. The highest BCUT2D eigenvalue weighted by atomic mass is 79.9. The van der Waals surface area contributed by atoms with Crippen molar-refractivity contribution < 1.29 is 4.79 Å². The van der Waals surface area contributed by atoms with Gasteiger partial charge in [0.25, 0.3) is 0 Å². The molecule has 88 valence electrons. The summed E-state index contributed by atoms with van der Waals surface area (Å²) in [7, 11) is 0. The highest BCUT2D eigenvalue weighted by Gasteiger charge is 2.29. The van der Waals surface area contributed by atoms with Gasteiger partial charge in [-0.25, -0.2) is 4.98 Å². The normalized spacial score (nSPS) is 22.8. The molecule has 0 N–H and O–H groups in total. The van der Waals surface area contributed by atoms with Gasteiger partial charge in [-0.05, 0) is 6.92 Å². The molecule has 1 fully saturated rings. The summed E-state index contributed by atoms with van der Waals surface area (Å²) >= 11 is 5.18. The number of carbonyl (C=O) groups is 1. The first-order chi connectivity index (χ1) is 7.56. The summed E-state index contributed by atoms with van der Waals surface area (Å²) in [5.74, 6) is 0.586. The first-order valence-corrected chi connectivity index (χ1v) is 7.19. The lowest BCUT2D eigenvalue weighted by atomic mass is 10.2. The van der Waals surface area contributed by atoms with E-state index in [1.165, 1.54) is 0 Å². The van der Waals surface area contributed by atoms with Gasteiger partial charge in [0, 0.05) is 41.3 Å². The summed E-state index contributed by atoms with van der Waals surface area (Å²) in [4.78, 5) is 18.4. The van der Waals surface area contributed by atoms with Crippen LogP contribution in [0.25, 0.3) is 0 Å². The minimum atomic E-state index is 0.252. The predicted molar refractivity (Wildman–Crippen MR) is 69.2 cm³/mol. The second kappa shape index (κ2) is 4.84. The number of hydrogen-bond acceptors (Lipinski definition) is 3. The minimum absolute atomic E-state index is 0.252. The summed E-state index contributed by atoms with van der Waals surface area (Å²) in [6, 6.07) is 0. The molecular formula is C11H15BrN2OS. The number of nitrogens with zero attached hydrogens (tertiary/aromatic N) is 2. The number of halogens is 1. The van der Waals surface area contributed by atoms with Crippen molar-refractivity contribution in [3.63, 3.8) is 0 Å². The van der Waals surface area contributed by atoms with Crippen LogP contribution in [-0.2, 0) is 4.79 Å². The molecule has 1 aliphatic rings. The van der Waals surface area contributed by atoms with E-state index in [0.29, 0.717) is 17.2 Å². The zero-order chi connectivity index (χ0) is 11.7. The molecule has 5 heteroatoms. The van der Waals surface area contributed by atoms with E-state index in [4.69, 9.17) is 0 Å². The lowest BCUT2D eigenvalue weighted by molar-refractivity contribution is -0.127. The molecule has 1 aliphatic heterocycles. The quantitative estimate of drug-likeness (QED) is 0.804. The minimum Gasteiger partial charge on any atom is -0.341 e. The zero-order valence-electron chi connectivity index (χ0n) is 9.44. The van der Waals surface area contributed by atoms with Crippen molar-refractivity contribution in [2.75, 3.05) is 13.1 Å². The molecule has 1 saturated heterocycles. The van der Waals surface area contributed by atoms with Crippen LogP contribution >= 0.6 is 27.3 Å². The fourth-order valence-corrected chi connectivity index (χ4v) is 3.38. The number of amides is 1. The Kier molecular flexibility index (Phi) is 3.64. The molecular weight excluding hydrogens is 288 g/mol. The van der Waals surface area contributed by atoms with Gasteiger partial charge in [0.05, 0.1) is 5.01 Å². The third-order valence-corrected chi connectivity index (χ3v) is 4.53. The Balaban J connectivity index is 1.97. The molecule has 1 aromatic heterocycles. The van der Waals surface area contributed by atoms with Crippen LogP contribution in [-0.4, -0.2) is 33.7 Å². The molecule has 0 aromatic carbocycles. The number of likely N-dealkylation sites (tertiary alicyclic amines) is 1. The van der Waals surface area contributed by atoms with E-state index in [0.717, 1.165) is 23.8 Å². The maximum Gasteiger partial charge on any atom is 0.223 e. The molecule has 2 unspecified atom stereocenters. The molecule has 1 amide bonds. The molecule has 2 heterocycles. The molecule has 16 heavy (non-hydrogen) atoms. The monoisotopic (exact) mass is 302 g/mol. The van der Waals surface area contributed by atoms with Crippen LogP contribution in [0.15, 0.2) is 5.38 Å². The number of alkyl halides is 1. The van der Waals surface area contributed by atoms with Gasteiger partial charge < -0.3 is 4.90 Å². The van der Waals surface area contributed by atoms with Crippen molar-refractivity contribution >= 4 is 33.2 Å². The first kappa shape index (κ1) is 12.0. The highest BCUT2D eigenvalue weighted by molar-refractivity contribution is 9.09. The van der Waals surface area contributed by atoms with Crippen LogP contribution < -0.4 is 0 Å². The third-order valence-electron chi connectivity index (χ3n) is 2.72. The predicted octanol–water partition coefficient (Wildman–Crippen LogP) is 2.55. The summed E-state index contributed by atoms with van der Waals surface area (Å²) in [6.07, 6.45) is 0.629. The molecule has 1 aromatic rings. The van der Waals surface area contributed by atoms with Crippen LogP contribution in [0.4, 0.5) is 0 Å². The van der Waals surface area contributed by atoms with E-state index in [9.17, 15) is 4.79 Å². The highest BCUT2D eigenvalue weighted by Crippen LogP contribution is 2.24. The lowest BCUT2D eigenvalue weighted by Gasteiger charge is -2.19.